The minimum Gasteiger partial charge on any atom is -0.395 e. The first-order valence-electron chi connectivity index (χ1n) is 6.84. The first kappa shape index (κ1) is 22.1. The van der Waals surface area contributed by atoms with E-state index in [2.05, 4.69) is 9.97 Å². The van der Waals surface area contributed by atoms with Crippen LogP contribution in [-0.2, 0) is 0 Å². The Labute approximate surface area is 113 Å². The Balaban J connectivity index is -0.000000328. The molecule has 108 valence electrons. The molecule has 4 nitrogen and oxygen atoms in total. The van der Waals surface area contributed by atoms with Gasteiger partial charge in [0.1, 0.15) is 12.1 Å². The normalized spacial score (nSPS) is 7.61. The zero-order valence-corrected chi connectivity index (χ0v) is 13.4. The van der Waals surface area contributed by atoms with Gasteiger partial charge in [0.25, 0.3) is 0 Å². The maximum Gasteiger partial charge on any atom is 0.131 e. The summed E-state index contributed by atoms with van der Waals surface area (Å²) in [6.07, 6.45) is 1.53. The topological polar surface area (TPSA) is 49.2 Å². The number of aryl methyl sites for hydroxylation is 1. The fraction of sp³-hybridized carbons (Fsp3) is 0.714. The molecule has 1 N–H and O–H groups in total. The molecule has 1 rings (SSSR count). The highest BCUT2D eigenvalue weighted by molar-refractivity contribution is 5.37. The van der Waals surface area contributed by atoms with Gasteiger partial charge in [-0.3, -0.25) is 0 Å². The summed E-state index contributed by atoms with van der Waals surface area (Å²) in [6.45, 7) is 14.6. The van der Waals surface area contributed by atoms with Gasteiger partial charge in [-0.05, 0) is 6.92 Å². The number of hydrogen-bond acceptors (Lipinski definition) is 4. The number of anilines is 1. The summed E-state index contributed by atoms with van der Waals surface area (Å²) in [5, 5.41) is 8.68. The average molecular weight is 257 g/mol. The first-order chi connectivity index (χ1) is 8.74. The van der Waals surface area contributed by atoms with Crippen LogP contribution in [-0.4, -0.2) is 35.3 Å². The van der Waals surface area contributed by atoms with Crippen LogP contribution < -0.4 is 4.90 Å². The van der Waals surface area contributed by atoms with Crippen LogP contribution >= 0.6 is 0 Å². The van der Waals surface area contributed by atoms with E-state index < -0.39 is 0 Å². The molecule has 0 aromatic carbocycles. The number of aliphatic hydroxyl groups excluding tert-OH is 1. The van der Waals surface area contributed by atoms with Crippen molar-refractivity contribution >= 4 is 5.82 Å². The fourth-order valence-corrected chi connectivity index (χ4v) is 0.914. The molecule has 0 fully saturated rings. The lowest BCUT2D eigenvalue weighted by atomic mass is 10.4. The number of aliphatic hydroxyl groups is 1. The van der Waals surface area contributed by atoms with E-state index >= 15 is 0 Å². The minimum atomic E-state index is 0.138. The molecule has 0 saturated carbocycles. The predicted molar refractivity (Wildman–Crippen MR) is 81.2 cm³/mol. The summed E-state index contributed by atoms with van der Waals surface area (Å²) in [5.74, 6) is 0.844. The van der Waals surface area contributed by atoms with Crippen molar-refractivity contribution in [2.24, 2.45) is 0 Å². The van der Waals surface area contributed by atoms with E-state index in [4.69, 9.17) is 5.11 Å². The Morgan fingerprint density at radius 2 is 1.56 bits per heavy atom. The highest BCUT2D eigenvalue weighted by Gasteiger charge is 2.00. The lowest BCUT2D eigenvalue weighted by Crippen LogP contribution is -2.22. The molecule has 1 aromatic heterocycles. The largest absolute Gasteiger partial charge is 0.395 e. The van der Waals surface area contributed by atoms with Gasteiger partial charge in [0.2, 0.25) is 0 Å². The number of likely N-dealkylation sites (N-methyl/N-ethyl adjacent to an activating group) is 1. The van der Waals surface area contributed by atoms with Gasteiger partial charge in [-0.15, -0.1) is 0 Å². The van der Waals surface area contributed by atoms with Crippen molar-refractivity contribution in [3.05, 3.63) is 18.1 Å². The van der Waals surface area contributed by atoms with Crippen molar-refractivity contribution in [2.75, 3.05) is 25.1 Å². The molecule has 0 radical (unpaired) electrons. The average Bonchev–Trinajstić information content (AvgIpc) is 2.46. The van der Waals surface area contributed by atoms with Gasteiger partial charge in [0.05, 0.1) is 6.61 Å². The standard InChI is InChI=1S/C8H13N3O.3C2H6/c1-7-5-8(10-6-9-7)11(2)3-4-12;3*1-2/h5-6,12H,3-4H2,1-2H3;3*1-2H3. The maximum atomic E-state index is 8.68. The number of nitrogens with zero attached hydrogens (tertiary/aromatic N) is 3. The second kappa shape index (κ2) is 18.2. The predicted octanol–water partition coefficient (Wildman–Crippen LogP) is 3.29. The van der Waals surface area contributed by atoms with E-state index in [1.165, 1.54) is 6.33 Å². The van der Waals surface area contributed by atoms with Gasteiger partial charge >= 0.3 is 0 Å². The summed E-state index contributed by atoms with van der Waals surface area (Å²) < 4.78 is 0. The van der Waals surface area contributed by atoms with E-state index in [1.54, 1.807) is 0 Å². The molecule has 18 heavy (non-hydrogen) atoms. The second-order valence-electron chi connectivity index (χ2n) is 2.66. The molecular weight excluding hydrogens is 226 g/mol. The van der Waals surface area contributed by atoms with Crippen LogP contribution in [0.2, 0.25) is 0 Å². The first-order valence-corrected chi connectivity index (χ1v) is 6.84. The summed E-state index contributed by atoms with van der Waals surface area (Å²) in [7, 11) is 1.89. The number of hydrogen-bond donors (Lipinski definition) is 1. The van der Waals surface area contributed by atoms with Crippen molar-refractivity contribution in [3.63, 3.8) is 0 Å². The molecular formula is C14H31N3O. The van der Waals surface area contributed by atoms with Crippen LogP contribution in [0.5, 0.6) is 0 Å². The zero-order valence-electron chi connectivity index (χ0n) is 13.4. The van der Waals surface area contributed by atoms with Crippen molar-refractivity contribution < 1.29 is 5.11 Å². The van der Waals surface area contributed by atoms with Crippen LogP contribution in [0.3, 0.4) is 0 Å². The van der Waals surface area contributed by atoms with Crippen molar-refractivity contribution in [1.29, 1.82) is 0 Å². The third-order valence-electron chi connectivity index (χ3n) is 1.62. The van der Waals surface area contributed by atoms with Crippen LogP contribution in [0.1, 0.15) is 47.2 Å². The Hall–Kier alpha value is -1.16. The Morgan fingerprint density at radius 3 is 1.94 bits per heavy atom. The van der Waals surface area contributed by atoms with Crippen molar-refractivity contribution in [2.45, 2.75) is 48.5 Å². The van der Waals surface area contributed by atoms with Crippen LogP contribution in [0.4, 0.5) is 5.82 Å². The molecule has 0 atom stereocenters. The van der Waals surface area contributed by atoms with Crippen molar-refractivity contribution in [1.82, 2.24) is 9.97 Å². The van der Waals surface area contributed by atoms with Gasteiger partial charge in [-0.2, -0.15) is 0 Å². The lowest BCUT2D eigenvalue weighted by molar-refractivity contribution is 0.304. The molecule has 0 spiro atoms. The molecule has 1 aromatic rings. The number of rotatable bonds is 3. The Bertz CT molecular complexity index is 255. The molecule has 0 amide bonds. The molecule has 0 unspecified atom stereocenters. The van der Waals surface area contributed by atoms with Gasteiger partial charge in [-0.1, -0.05) is 41.5 Å². The molecule has 0 aliphatic heterocycles. The Morgan fingerprint density at radius 1 is 1.06 bits per heavy atom. The quantitative estimate of drug-likeness (QED) is 0.902. The summed E-state index contributed by atoms with van der Waals surface area (Å²) in [4.78, 5) is 9.93. The monoisotopic (exact) mass is 257 g/mol. The fourth-order valence-electron chi connectivity index (χ4n) is 0.914. The third kappa shape index (κ3) is 11.3. The summed E-state index contributed by atoms with van der Waals surface area (Å²) >= 11 is 0. The van der Waals surface area contributed by atoms with E-state index in [-0.39, 0.29) is 6.61 Å². The van der Waals surface area contributed by atoms with Gasteiger partial charge in [0, 0.05) is 25.4 Å². The Kier molecular flexibility index (Phi) is 22.3. The highest BCUT2D eigenvalue weighted by atomic mass is 16.3. The smallest absolute Gasteiger partial charge is 0.131 e. The SMILES string of the molecule is CC.CC.CC.Cc1cc(N(C)CCO)ncn1. The zero-order chi connectivity index (χ0) is 15.0. The number of aromatic nitrogens is 2. The molecule has 0 aliphatic rings. The van der Waals surface area contributed by atoms with Crippen LogP contribution in [0, 0.1) is 6.92 Å². The molecule has 0 saturated heterocycles. The van der Waals surface area contributed by atoms with E-state index in [9.17, 15) is 0 Å². The highest BCUT2D eigenvalue weighted by Crippen LogP contribution is 2.06. The van der Waals surface area contributed by atoms with Gasteiger partial charge in [0.15, 0.2) is 0 Å². The van der Waals surface area contributed by atoms with E-state index in [0.717, 1.165) is 11.5 Å². The second-order valence-corrected chi connectivity index (χ2v) is 2.66. The van der Waals surface area contributed by atoms with E-state index in [1.807, 2.05) is 66.5 Å². The molecule has 0 bridgehead atoms. The maximum absolute atomic E-state index is 8.68. The van der Waals surface area contributed by atoms with Crippen LogP contribution in [0.25, 0.3) is 0 Å². The van der Waals surface area contributed by atoms with E-state index in [0.29, 0.717) is 6.54 Å². The van der Waals surface area contributed by atoms with Crippen molar-refractivity contribution in [3.8, 4) is 0 Å². The molecule has 0 aliphatic carbocycles. The molecule has 1 heterocycles. The summed E-state index contributed by atoms with van der Waals surface area (Å²) in [5.41, 5.74) is 0.935. The summed E-state index contributed by atoms with van der Waals surface area (Å²) in [6, 6.07) is 1.88. The van der Waals surface area contributed by atoms with Gasteiger partial charge in [-0.25, -0.2) is 9.97 Å². The van der Waals surface area contributed by atoms with Gasteiger partial charge < -0.3 is 10.0 Å². The third-order valence-corrected chi connectivity index (χ3v) is 1.62. The molecule has 4 heteroatoms. The van der Waals surface area contributed by atoms with Crippen LogP contribution in [0.15, 0.2) is 12.4 Å². The lowest BCUT2D eigenvalue weighted by Gasteiger charge is -2.16. The minimum absolute atomic E-state index is 0.138.